The SMILES string of the molecule is C/C=C/COc1ccc(C(F)(F)Oc2cc3ccc(CCC)cc3cc2F)cc1. The number of halogens is 3. The van der Waals surface area contributed by atoms with Gasteiger partial charge in [0.05, 0.1) is 5.56 Å². The first-order valence-corrected chi connectivity index (χ1v) is 9.56. The van der Waals surface area contributed by atoms with Crippen molar-refractivity contribution >= 4 is 10.8 Å². The van der Waals surface area contributed by atoms with Gasteiger partial charge in [-0.3, -0.25) is 0 Å². The van der Waals surface area contributed by atoms with Gasteiger partial charge in [-0.25, -0.2) is 4.39 Å². The smallest absolute Gasteiger partial charge is 0.426 e. The molecule has 2 nitrogen and oxygen atoms in total. The summed E-state index contributed by atoms with van der Waals surface area (Å²) in [6.45, 7) is 4.27. The molecule has 0 saturated carbocycles. The van der Waals surface area contributed by atoms with Gasteiger partial charge in [0.2, 0.25) is 0 Å². The molecule has 0 saturated heterocycles. The minimum Gasteiger partial charge on any atom is -0.490 e. The number of aryl methyl sites for hydroxylation is 1. The van der Waals surface area contributed by atoms with E-state index in [2.05, 4.69) is 6.92 Å². The molecule has 0 fully saturated rings. The summed E-state index contributed by atoms with van der Waals surface area (Å²) in [5, 5.41) is 1.30. The highest BCUT2D eigenvalue weighted by molar-refractivity contribution is 5.84. The van der Waals surface area contributed by atoms with E-state index in [9.17, 15) is 13.2 Å². The largest absolute Gasteiger partial charge is 0.490 e. The summed E-state index contributed by atoms with van der Waals surface area (Å²) in [7, 11) is 0. The Kier molecular flexibility index (Phi) is 6.47. The van der Waals surface area contributed by atoms with Crippen LogP contribution < -0.4 is 9.47 Å². The molecule has 0 amide bonds. The van der Waals surface area contributed by atoms with E-state index in [1.54, 1.807) is 12.1 Å². The zero-order valence-electron chi connectivity index (χ0n) is 16.4. The van der Waals surface area contributed by atoms with E-state index < -0.39 is 17.7 Å². The summed E-state index contributed by atoms with van der Waals surface area (Å²) >= 11 is 0. The monoisotopic (exact) mass is 400 g/mol. The third-order valence-electron chi connectivity index (χ3n) is 4.50. The van der Waals surface area contributed by atoms with Crippen LogP contribution in [-0.2, 0) is 12.5 Å². The van der Waals surface area contributed by atoms with Crippen LogP contribution in [0.5, 0.6) is 11.5 Å². The molecule has 0 heterocycles. The van der Waals surface area contributed by atoms with Gasteiger partial charge in [-0.2, -0.15) is 8.78 Å². The molecule has 0 aromatic heterocycles. The number of rotatable bonds is 8. The number of fused-ring (bicyclic) bond motifs is 1. The van der Waals surface area contributed by atoms with Crippen molar-refractivity contribution in [2.75, 3.05) is 6.61 Å². The lowest BCUT2D eigenvalue weighted by Gasteiger charge is -2.19. The summed E-state index contributed by atoms with van der Waals surface area (Å²) in [5.74, 6) is -0.848. The van der Waals surface area contributed by atoms with E-state index in [0.717, 1.165) is 18.4 Å². The van der Waals surface area contributed by atoms with Gasteiger partial charge in [0, 0.05) is 0 Å². The summed E-state index contributed by atoms with van der Waals surface area (Å²) in [5.41, 5.74) is 0.698. The van der Waals surface area contributed by atoms with Crippen molar-refractivity contribution in [1.29, 1.82) is 0 Å². The summed E-state index contributed by atoms with van der Waals surface area (Å²) in [4.78, 5) is 0. The molecule has 3 aromatic rings. The van der Waals surface area contributed by atoms with Crippen molar-refractivity contribution < 1.29 is 22.6 Å². The first kappa shape index (κ1) is 20.8. The lowest BCUT2D eigenvalue weighted by Crippen LogP contribution is -2.22. The Morgan fingerprint density at radius 3 is 2.41 bits per heavy atom. The van der Waals surface area contributed by atoms with E-state index in [4.69, 9.17) is 9.47 Å². The molecule has 0 spiro atoms. The predicted molar refractivity (Wildman–Crippen MR) is 109 cm³/mol. The quantitative estimate of drug-likeness (QED) is 0.379. The second-order valence-corrected chi connectivity index (χ2v) is 6.74. The van der Waals surface area contributed by atoms with Gasteiger partial charge in [-0.15, -0.1) is 0 Å². The fourth-order valence-electron chi connectivity index (χ4n) is 3.00. The van der Waals surface area contributed by atoms with Crippen LogP contribution in [0.3, 0.4) is 0 Å². The lowest BCUT2D eigenvalue weighted by atomic mass is 10.0. The molecule has 0 N–H and O–H groups in total. The highest BCUT2D eigenvalue weighted by atomic mass is 19.3. The zero-order chi connectivity index (χ0) is 20.9. The van der Waals surface area contributed by atoms with E-state index >= 15 is 0 Å². The molecule has 0 aliphatic carbocycles. The Labute approximate surface area is 168 Å². The van der Waals surface area contributed by atoms with Crippen LogP contribution in [0.1, 0.15) is 31.4 Å². The van der Waals surface area contributed by atoms with Crippen LogP contribution in [0.2, 0.25) is 0 Å². The van der Waals surface area contributed by atoms with Crippen molar-refractivity contribution in [3.05, 3.63) is 83.7 Å². The summed E-state index contributed by atoms with van der Waals surface area (Å²) in [6, 6.07) is 13.4. The van der Waals surface area contributed by atoms with Gasteiger partial charge >= 0.3 is 6.11 Å². The molecule has 3 aromatic carbocycles. The number of hydrogen-bond donors (Lipinski definition) is 0. The minimum atomic E-state index is -3.68. The minimum absolute atomic E-state index is 0.352. The molecular formula is C24H23F3O2. The molecule has 0 aliphatic rings. The van der Waals surface area contributed by atoms with Crippen molar-refractivity contribution in [3.63, 3.8) is 0 Å². The molecule has 0 unspecified atom stereocenters. The second-order valence-electron chi connectivity index (χ2n) is 6.74. The van der Waals surface area contributed by atoms with Gasteiger partial charge in [0.25, 0.3) is 0 Å². The van der Waals surface area contributed by atoms with Gasteiger partial charge in [-0.1, -0.05) is 43.7 Å². The second kappa shape index (κ2) is 9.03. The molecule has 5 heteroatoms. The topological polar surface area (TPSA) is 18.5 Å². The maximum atomic E-state index is 14.6. The van der Waals surface area contributed by atoms with Crippen molar-refractivity contribution in [2.24, 2.45) is 0 Å². The fourth-order valence-corrected chi connectivity index (χ4v) is 3.00. The maximum Gasteiger partial charge on any atom is 0.426 e. The predicted octanol–water partition coefficient (Wildman–Crippen LogP) is 7.01. The Hall–Kier alpha value is -2.95. The molecule has 29 heavy (non-hydrogen) atoms. The molecule has 152 valence electrons. The molecule has 3 rings (SSSR count). The Bertz CT molecular complexity index is 995. The first-order valence-electron chi connectivity index (χ1n) is 9.56. The molecule has 0 aliphatic heterocycles. The normalized spacial score (nSPS) is 11.9. The lowest BCUT2D eigenvalue weighted by molar-refractivity contribution is -0.186. The number of ether oxygens (including phenoxy) is 2. The number of alkyl halides is 2. The van der Waals surface area contributed by atoms with Crippen molar-refractivity contribution in [1.82, 2.24) is 0 Å². The molecule has 0 atom stereocenters. The maximum absolute atomic E-state index is 14.6. The average molecular weight is 400 g/mol. The fraction of sp³-hybridized carbons (Fsp3) is 0.250. The highest BCUT2D eigenvalue weighted by Gasteiger charge is 2.35. The standard InChI is InChI=1S/C24H23F3O2/c1-3-5-13-28-21-11-9-20(10-12-21)24(26,27)29-23-16-18-8-7-17(6-4-2)14-19(18)15-22(23)25/h3,5,7-12,14-16H,4,6,13H2,1-2H3/b5-3+. The van der Waals surface area contributed by atoms with Crippen molar-refractivity contribution in [3.8, 4) is 11.5 Å². The van der Waals surface area contributed by atoms with E-state index in [1.807, 2.05) is 25.1 Å². The van der Waals surface area contributed by atoms with E-state index in [0.29, 0.717) is 23.1 Å². The number of benzene rings is 3. The number of hydrogen-bond acceptors (Lipinski definition) is 2. The first-order chi connectivity index (χ1) is 13.9. The van der Waals surface area contributed by atoms with Crippen LogP contribution in [0.25, 0.3) is 10.8 Å². The van der Waals surface area contributed by atoms with E-state index in [1.165, 1.54) is 36.4 Å². The Balaban J connectivity index is 1.80. The van der Waals surface area contributed by atoms with Gasteiger partial charge in [0.15, 0.2) is 11.6 Å². The van der Waals surface area contributed by atoms with Gasteiger partial charge in [-0.05, 0) is 66.1 Å². The molecule has 0 bridgehead atoms. The Morgan fingerprint density at radius 1 is 0.966 bits per heavy atom. The van der Waals surface area contributed by atoms with Crippen LogP contribution in [0.4, 0.5) is 13.2 Å². The third-order valence-corrected chi connectivity index (χ3v) is 4.50. The molecule has 0 radical (unpaired) electrons. The summed E-state index contributed by atoms with van der Waals surface area (Å²) in [6.07, 6.45) is 1.81. The highest BCUT2D eigenvalue weighted by Crippen LogP contribution is 2.35. The van der Waals surface area contributed by atoms with Crippen LogP contribution >= 0.6 is 0 Å². The summed E-state index contributed by atoms with van der Waals surface area (Å²) < 4.78 is 53.8. The van der Waals surface area contributed by atoms with E-state index in [-0.39, 0.29) is 5.56 Å². The third kappa shape index (κ3) is 5.11. The zero-order valence-corrected chi connectivity index (χ0v) is 16.4. The van der Waals surface area contributed by atoms with Crippen molar-refractivity contribution in [2.45, 2.75) is 32.8 Å². The van der Waals surface area contributed by atoms with Gasteiger partial charge < -0.3 is 9.47 Å². The van der Waals surface area contributed by atoms with Crippen LogP contribution in [0.15, 0.2) is 66.7 Å². The van der Waals surface area contributed by atoms with Crippen LogP contribution in [-0.4, -0.2) is 6.61 Å². The van der Waals surface area contributed by atoms with Crippen LogP contribution in [0, 0.1) is 5.82 Å². The number of allylic oxidation sites excluding steroid dienone is 1. The molecular weight excluding hydrogens is 377 g/mol. The average Bonchev–Trinajstić information content (AvgIpc) is 2.69. The Morgan fingerprint density at radius 2 is 1.72 bits per heavy atom. The van der Waals surface area contributed by atoms with Gasteiger partial charge in [0.1, 0.15) is 12.4 Å².